The van der Waals surface area contributed by atoms with Gasteiger partial charge in [-0.25, -0.2) is 0 Å². The number of hydrogen-bond donors (Lipinski definition) is 1. The molecule has 29 heavy (non-hydrogen) atoms. The third-order valence-corrected chi connectivity index (χ3v) is 5.18. The van der Waals surface area contributed by atoms with Gasteiger partial charge in [-0.05, 0) is 49.6 Å². The van der Waals surface area contributed by atoms with Crippen LogP contribution in [0.2, 0.25) is 5.02 Å². The molecule has 1 aliphatic heterocycles. The van der Waals surface area contributed by atoms with Crippen LogP contribution in [-0.2, 0) is 14.3 Å². The quantitative estimate of drug-likeness (QED) is 0.757. The summed E-state index contributed by atoms with van der Waals surface area (Å²) in [5.41, 5.74) is 2.16. The second-order valence-electron chi connectivity index (χ2n) is 7.05. The van der Waals surface area contributed by atoms with Crippen molar-refractivity contribution in [3.8, 4) is 0 Å². The number of piperidine rings is 1. The highest BCUT2D eigenvalue weighted by Gasteiger charge is 2.29. The highest BCUT2D eigenvalue weighted by atomic mass is 35.5. The molecule has 0 bridgehead atoms. The predicted molar refractivity (Wildman–Crippen MR) is 111 cm³/mol. The van der Waals surface area contributed by atoms with Crippen LogP contribution in [0.1, 0.15) is 28.8 Å². The van der Waals surface area contributed by atoms with E-state index in [1.807, 2.05) is 31.2 Å². The van der Waals surface area contributed by atoms with Gasteiger partial charge in [-0.2, -0.15) is 0 Å². The monoisotopic (exact) mass is 414 g/mol. The summed E-state index contributed by atoms with van der Waals surface area (Å²) >= 11 is 5.87. The number of carbonyl (C=O) groups is 3. The van der Waals surface area contributed by atoms with E-state index in [4.69, 9.17) is 16.3 Å². The number of anilines is 1. The molecule has 2 amide bonds. The first-order chi connectivity index (χ1) is 13.9. The molecule has 0 aromatic heterocycles. The maximum atomic E-state index is 12.7. The number of aryl methyl sites for hydroxylation is 1. The van der Waals surface area contributed by atoms with Crippen molar-refractivity contribution in [3.05, 3.63) is 64.7 Å². The van der Waals surface area contributed by atoms with Gasteiger partial charge in [0.25, 0.3) is 11.8 Å². The molecule has 1 aliphatic rings. The van der Waals surface area contributed by atoms with Crippen molar-refractivity contribution in [1.82, 2.24) is 4.90 Å². The number of nitrogens with one attached hydrogen (secondary N) is 1. The second kappa shape index (κ2) is 9.56. The van der Waals surface area contributed by atoms with Crippen molar-refractivity contribution in [2.24, 2.45) is 5.92 Å². The molecule has 0 radical (unpaired) electrons. The summed E-state index contributed by atoms with van der Waals surface area (Å²) in [5.74, 6) is -1.16. The minimum atomic E-state index is -0.423. The number of ether oxygens (including phenoxy) is 1. The lowest BCUT2D eigenvalue weighted by Crippen LogP contribution is -2.41. The van der Waals surface area contributed by atoms with Gasteiger partial charge in [0, 0.05) is 29.4 Å². The van der Waals surface area contributed by atoms with E-state index in [1.54, 1.807) is 29.2 Å². The standard InChI is InChI=1S/C22H23ClN2O4/c1-15-5-2-3-8-19(15)21(27)25-11-9-16(10-12-25)22(28)29-14-20(26)24-18-7-4-6-17(23)13-18/h2-8,13,16H,9-12,14H2,1H3,(H,24,26). The molecule has 1 saturated heterocycles. The molecule has 0 aliphatic carbocycles. The van der Waals surface area contributed by atoms with E-state index in [1.165, 1.54) is 0 Å². The molecule has 7 heteroatoms. The normalized spacial score (nSPS) is 14.3. The highest BCUT2D eigenvalue weighted by molar-refractivity contribution is 6.30. The average Bonchev–Trinajstić information content (AvgIpc) is 2.72. The van der Waals surface area contributed by atoms with E-state index in [0.717, 1.165) is 5.56 Å². The minimum absolute atomic E-state index is 0.0178. The Hall–Kier alpha value is -2.86. The van der Waals surface area contributed by atoms with Crippen LogP contribution in [0.5, 0.6) is 0 Å². The van der Waals surface area contributed by atoms with Crippen molar-refractivity contribution in [2.75, 3.05) is 25.0 Å². The lowest BCUT2D eigenvalue weighted by atomic mass is 9.96. The maximum Gasteiger partial charge on any atom is 0.309 e. The summed E-state index contributed by atoms with van der Waals surface area (Å²) in [6.07, 6.45) is 1.04. The summed E-state index contributed by atoms with van der Waals surface area (Å²) in [7, 11) is 0. The Kier molecular flexibility index (Phi) is 6.88. The minimum Gasteiger partial charge on any atom is -0.455 e. The Labute approximate surface area is 174 Å². The highest BCUT2D eigenvalue weighted by Crippen LogP contribution is 2.21. The molecule has 152 valence electrons. The molecule has 1 N–H and O–H groups in total. The number of benzene rings is 2. The SMILES string of the molecule is Cc1ccccc1C(=O)N1CCC(C(=O)OCC(=O)Nc2cccc(Cl)c2)CC1. The van der Waals surface area contributed by atoms with Crippen molar-refractivity contribution >= 4 is 35.1 Å². The Morgan fingerprint density at radius 1 is 1.10 bits per heavy atom. The maximum absolute atomic E-state index is 12.7. The molecule has 3 rings (SSSR count). The largest absolute Gasteiger partial charge is 0.455 e. The molecule has 6 nitrogen and oxygen atoms in total. The zero-order valence-electron chi connectivity index (χ0n) is 16.2. The van der Waals surface area contributed by atoms with Gasteiger partial charge in [0.2, 0.25) is 0 Å². The second-order valence-corrected chi connectivity index (χ2v) is 7.48. The van der Waals surface area contributed by atoms with E-state index >= 15 is 0 Å². The Morgan fingerprint density at radius 3 is 2.52 bits per heavy atom. The number of rotatable bonds is 5. The van der Waals surface area contributed by atoms with Gasteiger partial charge >= 0.3 is 5.97 Å². The third-order valence-electron chi connectivity index (χ3n) is 4.94. The fraction of sp³-hybridized carbons (Fsp3) is 0.318. The lowest BCUT2D eigenvalue weighted by Gasteiger charge is -2.31. The van der Waals surface area contributed by atoms with Gasteiger partial charge < -0.3 is 15.0 Å². The van der Waals surface area contributed by atoms with E-state index in [-0.39, 0.29) is 18.4 Å². The molecule has 0 saturated carbocycles. The lowest BCUT2D eigenvalue weighted by molar-refractivity contribution is -0.152. The number of halogens is 1. The van der Waals surface area contributed by atoms with Crippen molar-refractivity contribution in [1.29, 1.82) is 0 Å². The fourth-order valence-corrected chi connectivity index (χ4v) is 3.51. The number of amides is 2. The number of nitrogens with zero attached hydrogens (tertiary/aromatic N) is 1. The van der Waals surface area contributed by atoms with E-state index in [2.05, 4.69) is 5.32 Å². The zero-order chi connectivity index (χ0) is 20.8. The first-order valence-corrected chi connectivity index (χ1v) is 9.89. The van der Waals surface area contributed by atoms with Crippen molar-refractivity contribution < 1.29 is 19.1 Å². The van der Waals surface area contributed by atoms with Crippen molar-refractivity contribution in [3.63, 3.8) is 0 Å². The summed E-state index contributed by atoms with van der Waals surface area (Å²) in [5, 5.41) is 3.14. The molecule has 2 aromatic carbocycles. The summed E-state index contributed by atoms with van der Waals surface area (Å²) in [6.45, 7) is 2.53. The molecule has 0 spiro atoms. The Morgan fingerprint density at radius 2 is 1.83 bits per heavy atom. The first kappa shape index (κ1) is 20.9. The number of esters is 1. The van der Waals surface area contributed by atoms with Gasteiger partial charge in [0.1, 0.15) is 0 Å². The molecule has 2 aromatic rings. The molecule has 0 atom stereocenters. The smallest absolute Gasteiger partial charge is 0.309 e. The van der Waals surface area contributed by atoms with Gasteiger partial charge in [0.05, 0.1) is 5.92 Å². The topological polar surface area (TPSA) is 75.7 Å². The van der Waals surface area contributed by atoms with E-state index in [0.29, 0.717) is 42.2 Å². The van der Waals surface area contributed by atoms with Crippen LogP contribution >= 0.6 is 11.6 Å². The Balaban J connectivity index is 1.44. The van der Waals surface area contributed by atoms with Crippen LogP contribution in [0, 0.1) is 12.8 Å². The van der Waals surface area contributed by atoms with Crippen LogP contribution in [0.15, 0.2) is 48.5 Å². The number of likely N-dealkylation sites (tertiary alicyclic amines) is 1. The van der Waals surface area contributed by atoms with Gasteiger partial charge in [-0.3, -0.25) is 14.4 Å². The van der Waals surface area contributed by atoms with Gasteiger partial charge in [-0.15, -0.1) is 0 Å². The third kappa shape index (κ3) is 5.57. The molecule has 1 fully saturated rings. The van der Waals surface area contributed by atoms with Crippen LogP contribution in [0.25, 0.3) is 0 Å². The Bertz CT molecular complexity index is 907. The molecular weight excluding hydrogens is 392 g/mol. The summed E-state index contributed by atoms with van der Waals surface area (Å²) in [6, 6.07) is 14.2. The summed E-state index contributed by atoms with van der Waals surface area (Å²) in [4.78, 5) is 38.7. The van der Waals surface area contributed by atoms with Gasteiger partial charge in [0.15, 0.2) is 6.61 Å². The average molecular weight is 415 g/mol. The van der Waals surface area contributed by atoms with Crippen molar-refractivity contribution in [2.45, 2.75) is 19.8 Å². The van der Waals surface area contributed by atoms with Crippen LogP contribution < -0.4 is 5.32 Å². The number of hydrogen-bond acceptors (Lipinski definition) is 4. The van der Waals surface area contributed by atoms with Crippen LogP contribution in [-0.4, -0.2) is 42.4 Å². The molecule has 0 unspecified atom stereocenters. The zero-order valence-corrected chi connectivity index (χ0v) is 16.9. The molecular formula is C22H23ClN2O4. The van der Waals surface area contributed by atoms with Crippen LogP contribution in [0.4, 0.5) is 5.69 Å². The predicted octanol–water partition coefficient (Wildman–Crippen LogP) is 3.68. The molecule has 1 heterocycles. The number of carbonyl (C=O) groups excluding carboxylic acids is 3. The van der Waals surface area contributed by atoms with E-state index in [9.17, 15) is 14.4 Å². The van der Waals surface area contributed by atoms with Crippen LogP contribution in [0.3, 0.4) is 0 Å². The first-order valence-electron chi connectivity index (χ1n) is 9.51. The fourth-order valence-electron chi connectivity index (χ4n) is 3.32. The summed E-state index contributed by atoms with van der Waals surface area (Å²) < 4.78 is 5.16. The van der Waals surface area contributed by atoms with Gasteiger partial charge in [-0.1, -0.05) is 35.9 Å². The van der Waals surface area contributed by atoms with E-state index < -0.39 is 11.9 Å².